The van der Waals surface area contributed by atoms with Gasteiger partial charge in [0.05, 0.1) is 11.1 Å². The van der Waals surface area contributed by atoms with E-state index in [0.717, 1.165) is 42.9 Å². The van der Waals surface area contributed by atoms with Crippen molar-refractivity contribution >= 4 is 23.5 Å². The van der Waals surface area contributed by atoms with Crippen LogP contribution >= 0.6 is 11.9 Å². The third-order valence-electron chi connectivity index (χ3n) is 5.39. The van der Waals surface area contributed by atoms with Crippen molar-refractivity contribution in [2.45, 2.75) is 31.6 Å². The van der Waals surface area contributed by atoms with Gasteiger partial charge in [-0.2, -0.15) is 5.10 Å². The Morgan fingerprint density at radius 3 is 2.90 bits per heavy atom. The summed E-state index contributed by atoms with van der Waals surface area (Å²) in [6.07, 6.45) is 11.1. The number of hydrogen-bond donors (Lipinski definition) is 1. The molecule has 0 unspecified atom stereocenters. The van der Waals surface area contributed by atoms with Gasteiger partial charge in [0.2, 0.25) is 0 Å². The van der Waals surface area contributed by atoms with E-state index in [1.165, 1.54) is 4.90 Å². The van der Waals surface area contributed by atoms with Crippen LogP contribution in [0.4, 0.5) is 0 Å². The predicted molar refractivity (Wildman–Crippen MR) is 121 cm³/mol. The zero-order valence-corrected chi connectivity index (χ0v) is 18.7. The Bertz CT molecular complexity index is 1110. The Morgan fingerprint density at radius 2 is 2.16 bits per heavy atom. The van der Waals surface area contributed by atoms with Crippen molar-refractivity contribution in [3.05, 3.63) is 78.2 Å². The zero-order valence-electron chi connectivity index (χ0n) is 17.8. The summed E-state index contributed by atoms with van der Waals surface area (Å²) in [7, 11) is 0. The summed E-state index contributed by atoms with van der Waals surface area (Å²) < 4.78 is 3.99. The average molecular weight is 436 g/mol. The molecule has 0 bridgehead atoms. The summed E-state index contributed by atoms with van der Waals surface area (Å²) in [5, 5.41) is 7.11. The molecule has 2 N–H and O–H groups in total. The van der Waals surface area contributed by atoms with Crippen molar-refractivity contribution in [1.82, 2.24) is 24.2 Å². The Balaban J connectivity index is 1.30. The number of aromatic nitrogens is 4. The SMILES string of the molecule is C=C(/C=C(\C)NC(=O)c1cnn2cccnc12)C1CCN(Sc2ccc(C)[nH+]c2)CC1. The first-order valence-corrected chi connectivity index (χ1v) is 11.1. The van der Waals surface area contributed by atoms with Crippen LogP contribution in [-0.2, 0) is 0 Å². The van der Waals surface area contributed by atoms with E-state index in [0.29, 0.717) is 17.1 Å². The van der Waals surface area contributed by atoms with E-state index < -0.39 is 0 Å². The molecule has 0 aliphatic carbocycles. The molecule has 1 aliphatic rings. The number of rotatable bonds is 6. The molecule has 4 heterocycles. The lowest BCUT2D eigenvalue weighted by molar-refractivity contribution is -0.390. The number of fused-ring (bicyclic) bond motifs is 1. The molecule has 4 rings (SSSR count). The van der Waals surface area contributed by atoms with Gasteiger partial charge in [0.15, 0.2) is 17.5 Å². The Hall–Kier alpha value is -2.97. The number of carbonyl (C=O) groups excluding carboxylic acids is 1. The van der Waals surface area contributed by atoms with Gasteiger partial charge in [-0.25, -0.2) is 18.8 Å². The van der Waals surface area contributed by atoms with Crippen LogP contribution in [0.2, 0.25) is 0 Å². The lowest BCUT2D eigenvalue weighted by Gasteiger charge is -2.31. The van der Waals surface area contributed by atoms with Crippen LogP contribution in [0.25, 0.3) is 5.65 Å². The molecule has 1 aliphatic heterocycles. The lowest BCUT2D eigenvalue weighted by Crippen LogP contribution is -2.29. The number of hydrogen-bond acceptors (Lipinski definition) is 5. The molecule has 3 aromatic rings. The minimum atomic E-state index is -0.212. The van der Waals surface area contributed by atoms with E-state index in [2.05, 4.69) is 56.5 Å². The second-order valence-electron chi connectivity index (χ2n) is 7.80. The molecule has 1 saturated heterocycles. The molecular formula is C23H27N6OS+. The Kier molecular flexibility index (Phi) is 6.48. The van der Waals surface area contributed by atoms with Crippen LogP contribution in [0.3, 0.4) is 0 Å². The number of allylic oxidation sites excluding steroid dienone is 3. The highest BCUT2D eigenvalue weighted by Gasteiger charge is 2.22. The van der Waals surface area contributed by atoms with Gasteiger partial charge in [0.25, 0.3) is 5.91 Å². The fraction of sp³-hybridized carbons (Fsp3) is 0.304. The maximum absolute atomic E-state index is 12.6. The molecule has 0 radical (unpaired) electrons. The topological polar surface area (TPSA) is 76.7 Å². The maximum Gasteiger partial charge on any atom is 0.260 e. The third kappa shape index (κ3) is 5.21. The fourth-order valence-corrected chi connectivity index (χ4v) is 4.61. The standard InChI is InChI=1S/C23H26N6OS/c1-16(19-7-11-28(12-8-19)31-20-6-5-17(2)25-14-20)13-18(3)27-23(30)21-15-26-29-10-4-9-24-22(21)29/h4-6,9-10,13-15,19H,1,7-8,11-12H2,2-3H3,(H,27,30)/p+1/b18-13+. The van der Waals surface area contributed by atoms with Crippen LogP contribution in [0.5, 0.6) is 0 Å². The van der Waals surface area contributed by atoms with Crippen molar-refractivity contribution in [2.24, 2.45) is 5.92 Å². The third-order valence-corrected chi connectivity index (χ3v) is 6.48. The number of amides is 1. The van der Waals surface area contributed by atoms with Crippen molar-refractivity contribution in [3.63, 3.8) is 0 Å². The first-order chi connectivity index (χ1) is 15.0. The number of H-pyrrole nitrogens is 1. The summed E-state index contributed by atoms with van der Waals surface area (Å²) in [6.45, 7) is 10.2. The van der Waals surface area contributed by atoms with Gasteiger partial charge in [-0.1, -0.05) is 12.2 Å². The Labute approximate surface area is 186 Å². The first kappa shape index (κ1) is 21.3. The van der Waals surface area contributed by atoms with Gasteiger partial charge in [0, 0.05) is 44.2 Å². The quantitative estimate of drug-likeness (QED) is 0.474. The van der Waals surface area contributed by atoms with Gasteiger partial charge < -0.3 is 5.32 Å². The second kappa shape index (κ2) is 9.45. The number of aryl methyl sites for hydroxylation is 1. The number of pyridine rings is 1. The van der Waals surface area contributed by atoms with Crippen molar-refractivity contribution in [1.29, 1.82) is 0 Å². The number of nitrogens with zero attached hydrogens (tertiary/aromatic N) is 4. The molecular weight excluding hydrogens is 408 g/mol. The van der Waals surface area contributed by atoms with Crippen molar-refractivity contribution in [3.8, 4) is 0 Å². The van der Waals surface area contributed by atoms with Crippen LogP contribution in [0.15, 0.2) is 71.8 Å². The molecule has 0 aromatic carbocycles. The summed E-state index contributed by atoms with van der Waals surface area (Å²) in [6, 6.07) is 6.03. The maximum atomic E-state index is 12.6. The summed E-state index contributed by atoms with van der Waals surface area (Å²) in [4.78, 5) is 21.4. The second-order valence-corrected chi connectivity index (χ2v) is 8.97. The van der Waals surface area contributed by atoms with Gasteiger partial charge in [0.1, 0.15) is 5.56 Å². The highest BCUT2D eigenvalue weighted by Crippen LogP contribution is 2.31. The smallest absolute Gasteiger partial charge is 0.260 e. The lowest BCUT2D eigenvalue weighted by atomic mass is 9.90. The molecule has 0 spiro atoms. The molecule has 31 heavy (non-hydrogen) atoms. The van der Waals surface area contributed by atoms with Crippen LogP contribution in [0.1, 0.15) is 35.8 Å². The van der Waals surface area contributed by atoms with E-state index >= 15 is 0 Å². The van der Waals surface area contributed by atoms with Gasteiger partial charge in [-0.05, 0) is 55.8 Å². The normalized spacial score (nSPS) is 15.9. The number of carbonyl (C=O) groups is 1. The van der Waals surface area contributed by atoms with E-state index in [-0.39, 0.29) is 5.91 Å². The fourth-order valence-electron chi connectivity index (χ4n) is 3.68. The zero-order chi connectivity index (χ0) is 21.8. The molecule has 8 heteroatoms. The van der Waals surface area contributed by atoms with Crippen LogP contribution in [0, 0.1) is 12.8 Å². The monoisotopic (exact) mass is 435 g/mol. The predicted octanol–water partition coefficient (Wildman–Crippen LogP) is 3.46. The number of aromatic amines is 1. The van der Waals surface area contributed by atoms with E-state index in [9.17, 15) is 4.79 Å². The molecule has 0 atom stereocenters. The minimum Gasteiger partial charge on any atom is -0.326 e. The first-order valence-electron chi connectivity index (χ1n) is 10.4. The van der Waals surface area contributed by atoms with Gasteiger partial charge in [-0.15, -0.1) is 0 Å². The van der Waals surface area contributed by atoms with E-state index in [4.69, 9.17) is 0 Å². The molecule has 7 nitrogen and oxygen atoms in total. The van der Waals surface area contributed by atoms with Crippen molar-refractivity contribution in [2.75, 3.05) is 13.1 Å². The number of piperidine rings is 1. The average Bonchev–Trinajstić information content (AvgIpc) is 3.20. The highest BCUT2D eigenvalue weighted by molar-refractivity contribution is 7.97. The van der Waals surface area contributed by atoms with Gasteiger partial charge >= 0.3 is 0 Å². The minimum absolute atomic E-state index is 0.212. The largest absolute Gasteiger partial charge is 0.326 e. The number of nitrogens with one attached hydrogen (secondary N) is 2. The highest BCUT2D eigenvalue weighted by atomic mass is 32.2. The summed E-state index contributed by atoms with van der Waals surface area (Å²) in [5.74, 6) is 0.211. The summed E-state index contributed by atoms with van der Waals surface area (Å²) in [5.41, 5.74) is 3.99. The van der Waals surface area contributed by atoms with E-state index in [1.54, 1.807) is 41.1 Å². The Morgan fingerprint density at radius 1 is 1.35 bits per heavy atom. The van der Waals surface area contributed by atoms with Crippen LogP contribution in [-0.4, -0.2) is 37.9 Å². The summed E-state index contributed by atoms with van der Waals surface area (Å²) >= 11 is 1.79. The van der Waals surface area contributed by atoms with Crippen molar-refractivity contribution < 1.29 is 9.78 Å². The molecule has 1 fully saturated rings. The van der Waals surface area contributed by atoms with Crippen LogP contribution < -0.4 is 10.3 Å². The molecule has 0 saturated carbocycles. The molecule has 160 valence electrons. The molecule has 1 amide bonds. The molecule has 3 aromatic heterocycles. The van der Waals surface area contributed by atoms with Gasteiger partial charge in [-0.3, -0.25) is 4.79 Å². The van der Waals surface area contributed by atoms with E-state index in [1.807, 2.05) is 13.0 Å².